The lowest BCUT2D eigenvalue weighted by Gasteiger charge is -2.07. The highest BCUT2D eigenvalue weighted by Gasteiger charge is 2.08. The van der Waals surface area contributed by atoms with E-state index in [1.165, 1.54) is 6.08 Å². The van der Waals surface area contributed by atoms with Gasteiger partial charge in [0.1, 0.15) is 0 Å². The number of carbonyl (C=O) groups is 1. The summed E-state index contributed by atoms with van der Waals surface area (Å²) in [6.07, 6.45) is 6.64. The van der Waals surface area contributed by atoms with Crippen LogP contribution >= 0.6 is 0 Å². The van der Waals surface area contributed by atoms with Crippen LogP contribution in [0.1, 0.15) is 15.9 Å². The number of hydrogen-bond donors (Lipinski definition) is 0. The zero-order chi connectivity index (χ0) is 14.4. The molecule has 0 unspecified atom stereocenters. The fraction of sp³-hybridized carbons (Fsp3) is 0.125. The summed E-state index contributed by atoms with van der Waals surface area (Å²) in [4.78, 5) is 16.0. The predicted molar refractivity (Wildman–Crippen MR) is 77.1 cm³/mol. The molecule has 0 fully saturated rings. The van der Waals surface area contributed by atoms with Crippen molar-refractivity contribution in [2.75, 3.05) is 14.2 Å². The number of pyridine rings is 1. The van der Waals surface area contributed by atoms with E-state index in [1.54, 1.807) is 50.9 Å². The fourth-order valence-corrected chi connectivity index (χ4v) is 1.73. The average molecular weight is 269 g/mol. The number of ketones is 1. The van der Waals surface area contributed by atoms with Crippen molar-refractivity contribution in [3.63, 3.8) is 0 Å². The molecule has 1 aromatic carbocycles. The van der Waals surface area contributed by atoms with Gasteiger partial charge < -0.3 is 9.47 Å². The highest BCUT2D eigenvalue weighted by molar-refractivity contribution is 6.07. The lowest BCUT2D eigenvalue weighted by atomic mass is 10.1. The maximum atomic E-state index is 12.1. The number of ether oxygens (including phenoxy) is 2. The molecule has 1 aromatic heterocycles. The van der Waals surface area contributed by atoms with E-state index in [9.17, 15) is 4.79 Å². The lowest BCUT2D eigenvalue weighted by molar-refractivity contribution is 0.104. The fourth-order valence-electron chi connectivity index (χ4n) is 1.73. The number of aromatic nitrogens is 1. The SMILES string of the molecule is COc1ccc(C(=O)/C=C\c2ccncc2)cc1OC. The normalized spacial score (nSPS) is 10.5. The molecule has 4 nitrogen and oxygen atoms in total. The molecule has 0 radical (unpaired) electrons. The summed E-state index contributed by atoms with van der Waals surface area (Å²) in [6, 6.07) is 8.75. The van der Waals surface area contributed by atoms with Crippen LogP contribution in [0.2, 0.25) is 0 Å². The van der Waals surface area contributed by atoms with Crippen LogP contribution in [0.25, 0.3) is 6.08 Å². The van der Waals surface area contributed by atoms with E-state index >= 15 is 0 Å². The second kappa shape index (κ2) is 6.52. The van der Waals surface area contributed by atoms with Crippen LogP contribution in [0.15, 0.2) is 48.8 Å². The van der Waals surface area contributed by atoms with E-state index in [2.05, 4.69) is 4.98 Å². The smallest absolute Gasteiger partial charge is 0.185 e. The van der Waals surface area contributed by atoms with Crippen molar-refractivity contribution in [2.24, 2.45) is 0 Å². The quantitative estimate of drug-likeness (QED) is 0.618. The summed E-state index contributed by atoms with van der Waals surface area (Å²) in [5, 5.41) is 0. The highest BCUT2D eigenvalue weighted by atomic mass is 16.5. The molecule has 0 saturated heterocycles. The van der Waals surface area contributed by atoms with Gasteiger partial charge in [0.15, 0.2) is 17.3 Å². The molecular formula is C16H15NO3. The third-order valence-corrected chi connectivity index (χ3v) is 2.80. The van der Waals surface area contributed by atoms with Crippen LogP contribution in [0, 0.1) is 0 Å². The van der Waals surface area contributed by atoms with Crippen molar-refractivity contribution in [1.82, 2.24) is 4.98 Å². The van der Waals surface area contributed by atoms with Gasteiger partial charge in [-0.1, -0.05) is 6.08 Å². The number of rotatable bonds is 5. The minimum absolute atomic E-state index is 0.0947. The van der Waals surface area contributed by atoms with E-state index in [0.717, 1.165) is 5.56 Å². The summed E-state index contributed by atoms with van der Waals surface area (Å²) in [5.74, 6) is 1.04. The first kappa shape index (κ1) is 13.8. The third kappa shape index (κ3) is 3.23. The van der Waals surface area contributed by atoms with Crippen LogP contribution in [0.4, 0.5) is 0 Å². The molecule has 0 aliphatic heterocycles. The van der Waals surface area contributed by atoms with Crippen LogP contribution in [0.3, 0.4) is 0 Å². The molecule has 0 atom stereocenters. The second-order valence-electron chi connectivity index (χ2n) is 4.05. The van der Waals surface area contributed by atoms with E-state index in [1.807, 2.05) is 12.1 Å². The van der Waals surface area contributed by atoms with Gasteiger partial charge in [-0.25, -0.2) is 0 Å². The lowest BCUT2D eigenvalue weighted by Crippen LogP contribution is -1.97. The standard InChI is InChI=1S/C16H15NO3/c1-19-15-6-4-13(11-16(15)20-2)14(18)5-3-12-7-9-17-10-8-12/h3-11H,1-2H3/b5-3-. The van der Waals surface area contributed by atoms with Crippen molar-refractivity contribution < 1.29 is 14.3 Å². The summed E-state index contributed by atoms with van der Waals surface area (Å²) in [5.41, 5.74) is 1.47. The van der Waals surface area contributed by atoms with Crippen molar-refractivity contribution >= 4 is 11.9 Å². The average Bonchev–Trinajstić information content (AvgIpc) is 2.52. The van der Waals surface area contributed by atoms with Crippen LogP contribution in [-0.4, -0.2) is 25.0 Å². The number of nitrogens with zero attached hydrogens (tertiary/aromatic N) is 1. The van der Waals surface area contributed by atoms with Crippen LogP contribution in [-0.2, 0) is 0 Å². The Morgan fingerprint density at radius 3 is 2.40 bits per heavy atom. The first-order valence-electron chi connectivity index (χ1n) is 6.09. The molecule has 1 heterocycles. The number of methoxy groups -OCH3 is 2. The van der Waals surface area contributed by atoms with E-state index < -0.39 is 0 Å². The van der Waals surface area contributed by atoms with E-state index in [0.29, 0.717) is 17.1 Å². The highest BCUT2D eigenvalue weighted by Crippen LogP contribution is 2.27. The zero-order valence-corrected chi connectivity index (χ0v) is 11.4. The van der Waals surface area contributed by atoms with Gasteiger partial charge in [0.2, 0.25) is 0 Å². The van der Waals surface area contributed by atoms with Gasteiger partial charge >= 0.3 is 0 Å². The maximum Gasteiger partial charge on any atom is 0.185 e. The monoisotopic (exact) mass is 269 g/mol. The molecule has 2 aromatic rings. The molecular weight excluding hydrogens is 254 g/mol. The number of allylic oxidation sites excluding steroid dienone is 1. The summed E-state index contributed by atoms with van der Waals surface area (Å²) in [6.45, 7) is 0. The first-order chi connectivity index (χ1) is 9.74. The summed E-state index contributed by atoms with van der Waals surface area (Å²) in [7, 11) is 3.10. The minimum atomic E-state index is -0.0947. The van der Waals surface area contributed by atoms with Gasteiger partial charge in [0.25, 0.3) is 0 Å². The Kier molecular flexibility index (Phi) is 4.50. The Balaban J connectivity index is 2.19. The van der Waals surface area contributed by atoms with Gasteiger partial charge in [0.05, 0.1) is 14.2 Å². The van der Waals surface area contributed by atoms with Gasteiger partial charge in [-0.15, -0.1) is 0 Å². The van der Waals surface area contributed by atoms with Gasteiger partial charge in [-0.3, -0.25) is 9.78 Å². The number of hydrogen-bond acceptors (Lipinski definition) is 4. The summed E-state index contributed by atoms with van der Waals surface area (Å²) < 4.78 is 10.3. The molecule has 0 aliphatic rings. The number of benzene rings is 1. The Morgan fingerprint density at radius 1 is 1.05 bits per heavy atom. The maximum absolute atomic E-state index is 12.1. The van der Waals surface area contributed by atoms with E-state index in [-0.39, 0.29) is 5.78 Å². The Bertz CT molecular complexity index is 621. The molecule has 0 saturated carbocycles. The Morgan fingerprint density at radius 2 is 1.75 bits per heavy atom. The topological polar surface area (TPSA) is 48.4 Å². The van der Waals surface area contributed by atoms with Crippen molar-refractivity contribution in [3.05, 3.63) is 59.9 Å². The van der Waals surface area contributed by atoms with Crippen molar-refractivity contribution in [3.8, 4) is 11.5 Å². The Hall–Kier alpha value is -2.62. The zero-order valence-electron chi connectivity index (χ0n) is 11.4. The molecule has 0 aliphatic carbocycles. The molecule has 0 bridgehead atoms. The first-order valence-corrected chi connectivity index (χ1v) is 6.09. The molecule has 4 heteroatoms. The molecule has 0 spiro atoms. The van der Waals surface area contributed by atoms with Gasteiger partial charge in [-0.2, -0.15) is 0 Å². The number of carbonyl (C=O) groups excluding carboxylic acids is 1. The van der Waals surface area contributed by atoms with Crippen LogP contribution in [0.5, 0.6) is 11.5 Å². The van der Waals surface area contributed by atoms with E-state index in [4.69, 9.17) is 9.47 Å². The van der Waals surface area contributed by atoms with Crippen LogP contribution < -0.4 is 9.47 Å². The molecule has 0 N–H and O–H groups in total. The third-order valence-electron chi connectivity index (χ3n) is 2.80. The molecule has 102 valence electrons. The molecule has 0 amide bonds. The minimum Gasteiger partial charge on any atom is -0.493 e. The van der Waals surface area contributed by atoms with Gasteiger partial charge in [-0.05, 0) is 42.0 Å². The Labute approximate surface area is 117 Å². The molecule has 2 rings (SSSR count). The van der Waals surface area contributed by atoms with Crippen molar-refractivity contribution in [1.29, 1.82) is 0 Å². The predicted octanol–water partition coefficient (Wildman–Crippen LogP) is 2.99. The molecule has 20 heavy (non-hydrogen) atoms. The van der Waals surface area contributed by atoms with Gasteiger partial charge in [0, 0.05) is 18.0 Å². The van der Waals surface area contributed by atoms with Crippen molar-refractivity contribution in [2.45, 2.75) is 0 Å². The second-order valence-corrected chi connectivity index (χ2v) is 4.05. The largest absolute Gasteiger partial charge is 0.493 e. The summed E-state index contributed by atoms with van der Waals surface area (Å²) >= 11 is 0.